The lowest BCUT2D eigenvalue weighted by Gasteiger charge is -2.21. The van der Waals surface area contributed by atoms with Gasteiger partial charge in [-0.1, -0.05) is 37.3 Å². The number of hydrogen-bond acceptors (Lipinski definition) is 4. The summed E-state index contributed by atoms with van der Waals surface area (Å²) in [5, 5.41) is 7.96. The van der Waals surface area contributed by atoms with E-state index < -0.39 is 0 Å². The first-order chi connectivity index (χ1) is 10.7. The number of hydrogen-bond donors (Lipinski definition) is 1. The van der Waals surface area contributed by atoms with Crippen molar-refractivity contribution in [1.29, 1.82) is 0 Å². The van der Waals surface area contributed by atoms with Crippen LogP contribution < -0.4 is 5.32 Å². The van der Waals surface area contributed by atoms with Gasteiger partial charge in [0, 0.05) is 11.8 Å². The van der Waals surface area contributed by atoms with Gasteiger partial charge in [0.2, 0.25) is 0 Å². The maximum atomic E-state index is 4.40. The van der Waals surface area contributed by atoms with Crippen molar-refractivity contribution in [3.8, 4) is 0 Å². The minimum Gasteiger partial charge on any atom is -0.363 e. The molecular formula is C17H19N5. The minimum absolute atomic E-state index is 0.297. The van der Waals surface area contributed by atoms with E-state index in [0.717, 1.165) is 17.4 Å². The topological polar surface area (TPSA) is 55.1 Å². The van der Waals surface area contributed by atoms with Crippen LogP contribution in [0.1, 0.15) is 30.6 Å². The molecule has 5 heteroatoms. The first kappa shape index (κ1) is 13.2. The highest BCUT2D eigenvalue weighted by atomic mass is 15.4. The van der Waals surface area contributed by atoms with Crippen LogP contribution in [0.2, 0.25) is 0 Å². The Hall–Kier alpha value is -2.43. The van der Waals surface area contributed by atoms with Crippen molar-refractivity contribution >= 4 is 11.6 Å². The van der Waals surface area contributed by atoms with E-state index in [1.54, 1.807) is 10.8 Å². The molecule has 2 aromatic heterocycles. The van der Waals surface area contributed by atoms with Gasteiger partial charge in [-0.05, 0) is 30.7 Å². The largest absolute Gasteiger partial charge is 0.363 e. The summed E-state index contributed by atoms with van der Waals surface area (Å²) in [6.07, 6.45) is 2.81. The molecule has 0 spiro atoms. The van der Waals surface area contributed by atoms with Gasteiger partial charge in [0.1, 0.15) is 12.1 Å². The highest BCUT2D eigenvalue weighted by molar-refractivity contribution is 5.47. The van der Waals surface area contributed by atoms with Crippen molar-refractivity contribution in [3.63, 3.8) is 0 Å². The Morgan fingerprint density at radius 3 is 2.77 bits per heavy atom. The zero-order valence-corrected chi connectivity index (χ0v) is 12.8. The molecular weight excluding hydrogens is 274 g/mol. The lowest BCUT2D eigenvalue weighted by atomic mass is 10.0. The monoisotopic (exact) mass is 293 g/mol. The fourth-order valence-corrected chi connectivity index (χ4v) is 3.11. The highest BCUT2D eigenvalue weighted by Gasteiger charge is 2.40. The first-order valence-corrected chi connectivity index (χ1v) is 7.71. The summed E-state index contributed by atoms with van der Waals surface area (Å²) in [6.45, 7) is 4.29. The summed E-state index contributed by atoms with van der Waals surface area (Å²) < 4.78 is 1.77. The lowest BCUT2D eigenvalue weighted by Crippen LogP contribution is -2.16. The van der Waals surface area contributed by atoms with Gasteiger partial charge in [0.15, 0.2) is 0 Å². The Labute approximate surface area is 129 Å². The van der Waals surface area contributed by atoms with Crippen LogP contribution in [-0.4, -0.2) is 19.6 Å². The quantitative estimate of drug-likeness (QED) is 0.802. The average molecular weight is 293 g/mol. The number of aromatic nitrogens is 4. The van der Waals surface area contributed by atoms with Crippen LogP contribution in [0.15, 0.2) is 42.7 Å². The lowest BCUT2D eigenvalue weighted by molar-refractivity contribution is 0.625. The molecule has 112 valence electrons. The molecule has 0 aliphatic heterocycles. The van der Waals surface area contributed by atoms with Crippen LogP contribution in [0, 0.1) is 18.8 Å². The molecule has 3 aromatic rings. The van der Waals surface area contributed by atoms with Gasteiger partial charge in [-0.2, -0.15) is 14.6 Å². The highest BCUT2D eigenvalue weighted by Crippen LogP contribution is 2.48. The number of benzene rings is 1. The van der Waals surface area contributed by atoms with Crippen molar-refractivity contribution in [2.75, 3.05) is 5.32 Å². The number of nitrogens with one attached hydrogen (secondary N) is 1. The smallest absolute Gasteiger partial charge is 0.254 e. The van der Waals surface area contributed by atoms with Gasteiger partial charge < -0.3 is 5.32 Å². The molecule has 0 bridgehead atoms. The fraction of sp³-hybridized carbons (Fsp3) is 0.353. The van der Waals surface area contributed by atoms with Crippen LogP contribution >= 0.6 is 0 Å². The van der Waals surface area contributed by atoms with E-state index in [4.69, 9.17) is 0 Å². The molecule has 1 fully saturated rings. The molecule has 1 saturated carbocycles. The number of aryl methyl sites for hydroxylation is 1. The van der Waals surface area contributed by atoms with Crippen LogP contribution in [0.4, 0.5) is 5.82 Å². The first-order valence-electron chi connectivity index (χ1n) is 7.71. The Morgan fingerprint density at radius 2 is 2.05 bits per heavy atom. The minimum atomic E-state index is 0.297. The van der Waals surface area contributed by atoms with Gasteiger partial charge in [0.05, 0.1) is 6.04 Å². The fourth-order valence-electron chi connectivity index (χ4n) is 3.11. The van der Waals surface area contributed by atoms with E-state index >= 15 is 0 Å². The van der Waals surface area contributed by atoms with Crippen molar-refractivity contribution in [3.05, 3.63) is 54.0 Å². The Bertz CT molecular complexity index is 795. The van der Waals surface area contributed by atoms with Crippen molar-refractivity contribution in [2.45, 2.75) is 26.3 Å². The third-order valence-corrected chi connectivity index (χ3v) is 4.44. The number of anilines is 1. The van der Waals surface area contributed by atoms with Gasteiger partial charge in [-0.3, -0.25) is 0 Å². The Kier molecular flexibility index (Phi) is 3.06. The molecule has 1 aliphatic rings. The molecule has 0 radical (unpaired) electrons. The molecule has 1 aromatic carbocycles. The van der Waals surface area contributed by atoms with E-state index in [-0.39, 0.29) is 0 Å². The van der Waals surface area contributed by atoms with E-state index in [1.807, 2.05) is 13.0 Å². The third kappa shape index (κ3) is 2.32. The van der Waals surface area contributed by atoms with Crippen molar-refractivity contribution < 1.29 is 0 Å². The average Bonchev–Trinajstić information content (AvgIpc) is 3.05. The molecule has 3 atom stereocenters. The maximum absolute atomic E-state index is 4.40. The normalized spacial score (nSPS) is 21.7. The van der Waals surface area contributed by atoms with Crippen LogP contribution in [0.5, 0.6) is 0 Å². The predicted octanol–water partition coefficient (Wildman–Crippen LogP) is 3.24. The molecule has 2 heterocycles. The maximum Gasteiger partial charge on any atom is 0.254 e. The van der Waals surface area contributed by atoms with Gasteiger partial charge >= 0.3 is 0 Å². The molecule has 1 N–H and O–H groups in total. The van der Waals surface area contributed by atoms with E-state index in [1.165, 1.54) is 12.0 Å². The molecule has 0 amide bonds. The Balaban J connectivity index is 1.73. The van der Waals surface area contributed by atoms with Gasteiger partial charge in [-0.25, -0.2) is 4.98 Å². The van der Waals surface area contributed by atoms with Gasteiger partial charge in [-0.15, -0.1) is 0 Å². The number of rotatable bonds is 4. The van der Waals surface area contributed by atoms with Crippen molar-refractivity contribution in [2.24, 2.45) is 11.8 Å². The van der Waals surface area contributed by atoms with Crippen LogP contribution in [0.3, 0.4) is 0 Å². The second-order valence-electron chi connectivity index (χ2n) is 6.16. The molecule has 3 unspecified atom stereocenters. The molecule has 5 nitrogen and oxygen atoms in total. The molecule has 1 aliphatic carbocycles. The second-order valence-corrected chi connectivity index (χ2v) is 6.16. The summed E-state index contributed by atoms with van der Waals surface area (Å²) in [7, 11) is 0. The zero-order valence-electron chi connectivity index (χ0n) is 12.8. The summed E-state index contributed by atoms with van der Waals surface area (Å²) >= 11 is 0. The standard InChI is InChI=1S/C17H19N5/c1-11-8-14(11)16(13-6-4-3-5-7-13)21-15-9-12(2)20-17-18-10-19-22(15)17/h3-7,9-11,14,16,21H,8H2,1-2H3. The van der Waals surface area contributed by atoms with Gasteiger partial charge in [0.25, 0.3) is 5.78 Å². The van der Waals surface area contributed by atoms with Crippen LogP contribution in [0.25, 0.3) is 5.78 Å². The van der Waals surface area contributed by atoms with E-state index in [2.05, 4.69) is 57.6 Å². The number of nitrogens with zero attached hydrogens (tertiary/aromatic N) is 4. The van der Waals surface area contributed by atoms with E-state index in [9.17, 15) is 0 Å². The third-order valence-electron chi connectivity index (χ3n) is 4.44. The summed E-state index contributed by atoms with van der Waals surface area (Å²) in [4.78, 5) is 8.60. The SMILES string of the molecule is Cc1cc(NC(c2ccccc2)C2CC2C)n2ncnc2n1. The number of fused-ring (bicyclic) bond motifs is 1. The molecule has 22 heavy (non-hydrogen) atoms. The van der Waals surface area contributed by atoms with E-state index in [0.29, 0.717) is 17.7 Å². The summed E-state index contributed by atoms with van der Waals surface area (Å²) in [5.41, 5.74) is 2.26. The molecule has 0 saturated heterocycles. The summed E-state index contributed by atoms with van der Waals surface area (Å²) in [6, 6.07) is 13.0. The molecule has 4 rings (SSSR count). The predicted molar refractivity (Wildman–Crippen MR) is 85.6 cm³/mol. The summed E-state index contributed by atoms with van der Waals surface area (Å²) in [5.74, 6) is 3.01. The zero-order chi connectivity index (χ0) is 15.1. The van der Waals surface area contributed by atoms with Crippen molar-refractivity contribution in [1.82, 2.24) is 19.6 Å². The Morgan fingerprint density at radius 1 is 1.27 bits per heavy atom. The van der Waals surface area contributed by atoms with Crippen LogP contribution in [-0.2, 0) is 0 Å². The second kappa shape index (κ2) is 5.09.